The largest absolute Gasteiger partial charge is 0.488 e. The fourth-order valence-electron chi connectivity index (χ4n) is 3.76. The van der Waals surface area contributed by atoms with Gasteiger partial charge in [0.15, 0.2) is 0 Å². The number of amides is 1. The molecule has 1 amide bonds. The fraction of sp³-hybridized carbons (Fsp3) is 0.348. The summed E-state index contributed by atoms with van der Waals surface area (Å²) in [6, 6.07) is 11.8. The molecule has 4 rings (SSSR count). The molecule has 1 saturated heterocycles. The van der Waals surface area contributed by atoms with E-state index in [1.165, 1.54) is 12.1 Å². The lowest BCUT2D eigenvalue weighted by Gasteiger charge is -2.32. The summed E-state index contributed by atoms with van der Waals surface area (Å²) in [6.07, 6.45) is 1.20. The topological polar surface area (TPSA) is 135 Å². The van der Waals surface area contributed by atoms with E-state index in [0.29, 0.717) is 44.8 Å². The molecule has 2 aromatic rings. The van der Waals surface area contributed by atoms with Crippen molar-refractivity contribution in [2.75, 3.05) is 13.2 Å². The number of carbonyl (C=O) groups excluding carboxylic acids is 1. The second-order valence-electron chi connectivity index (χ2n) is 7.65. The van der Waals surface area contributed by atoms with E-state index in [2.05, 4.69) is 11.4 Å². The standard InChI is InChI=1S/C22H22FN3O3.CH2O2/c23-16-2-4-18-15(11-16)13-29-20-10-14(1-3-19(18)20)9-17(12-24)26-21(27)22(25)5-7-28-8-6-22;2-1-3/h1-4,10-11,17H,5-9,13,25H2,(H,26,27);1H,(H,2,3). The second kappa shape index (κ2) is 10.2. The van der Waals surface area contributed by atoms with Crippen molar-refractivity contribution < 1.29 is 28.6 Å². The molecule has 2 heterocycles. The molecule has 9 heteroatoms. The maximum Gasteiger partial charge on any atom is 0.290 e. The van der Waals surface area contributed by atoms with E-state index in [4.69, 9.17) is 25.1 Å². The molecule has 2 aliphatic heterocycles. The van der Waals surface area contributed by atoms with Crippen molar-refractivity contribution in [2.24, 2.45) is 5.73 Å². The number of carbonyl (C=O) groups is 2. The Morgan fingerprint density at radius 2 is 1.97 bits per heavy atom. The summed E-state index contributed by atoms with van der Waals surface area (Å²) in [5.41, 5.74) is 8.69. The smallest absolute Gasteiger partial charge is 0.290 e. The van der Waals surface area contributed by atoms with Gasteiger partial charge in [-0.2, -0.15) is 5.26 Å². The third-order valence-electron chi connectivity index (χ3n) is 5.52. The zero-order chi connectivity index (χ0) is 23.1. The van der Waals surface area contributed by atoms with Gasteiger partial charge in [-0.25, -0.2) is 4.39 Å². The summed E-state index contributed by atoms with van der Waals surface area (Å²) in [5.74, 6) is 0.0732. The van der Waals surface area contributed by atoms with E-state index in [1.807, 2.05) is 18.2 Å². The lowest BCUT2D eigenvalue weighted by molar-refractivity contribution is -0.130. The van der Waals surface area contributed by atoms with Crippen LogP contribution in [0.4, 0.5) is 4.39 Å². The van der Waals surface area contributed by atoms with Crippen LogP contribution in [0.2, 0.25) is 0 Å². The first kappa shape index (κ1) is 23.2. The number of nitriles is 1. The van der Waals surface area contributed by atoms with Crippen LogP contribution in [0.5, 0.6) is 5.75 Å². The number of hydrogen-bond donors (Lipinski definition) is 3. The first-order chi connectivity index (χ1) is 15.4. The minimum absolute atomic E-state index is 0.250. The molecule has 1 fully saturated rings. The number of nitrogens with one attached hydrogen (secondary N) is 1. The number of carboxylic acid groups (broad SMARTS) is 1. The first-order valence-corrected chi connectivity index (χ1v) is 10.1. The van der Waals surface area contributed by atoms with E-state index in [-0.39, 0.29) is 18.2 Å². The number of nitrogens with two attached hydrogens (primary N) is 1. The van der Waals surface area contributed by atoms with Gasteiger partial charge in [-0.1, -0.05) is 18.2 Å². The van der Waals surface area contributed by atoms with Crippen molar-refractivity contribution in [3.63, 3.8) is 0 Å². The number of benzene rings is 2. The Kier molecular flexibility index (Phi) is 7.41. The SMILES string of the molecule is N#CC(Cc1ccc2c(c1)OCc1cc(F)ccc1-2)NC(=O)C1(N)CCOCC1.O=CO. The van der Waals surface area contributed by atoms with Crippen LogP contribution >= 0.6 is 0 Å². The van der Waals surface area contributed by atoms with Crippen LogP contribution in [0.1, 0.15) is 24.0 Å². The molecule has 8 nitrogen and oxygen atoms in total. The van der Waals surface area contributed by atoms with Gasteiger partial charge in [-0.3, -0.25) is 9.59 Å². The van der Waals surface area contributed by atoms with Gasteiger partial charge in [0.05, 0.1) is 11.6 Å². The summed E-state index contributed by atoms with van der Waals surface area (Å²) in [5, 5.41) is 19.2. The molecule has 0 spiro atoms. The highest BCUT2D eigenvalue weighted by atomic mass is 19.1. The third-order valence-corrected chi connectivity index (χ3v) is 5.52. The van der Waals surface area contributed by atoms with Crippen LogP contribution in [-0.2, 0) is 27.4 Å². The van der Waals surface area contributed by atoms with E-state index in [9.17, 15) is 14.4 Å². The van der Waals surface area contributed by atoms with Gasteiger partial charge in [0.2, 0.25) is 5.91 Å². The van der Waals surface area contributed by atoms with Crippen LogP contribution in [0.25, 0.3) is 11.1 Å². The maximum atomic E-state index is 13.4. The molecule has 2 aliphatic rings. The van der Waals surface area contributed by atoms with Gasteiger partial charge in [-0.05, 0) is 42.2 Å². The molecule has 0 bridgehead atoms. The lowest BCUT2D eigenvalue weighted by atomic mass is 9.89. The van der Waals surface area contributed by atoms with Crippen LogP contribution in [-0.4, -0.2) is 42.3 Å². The van der Waals surface area contributed by atoms with Gasteiger partial charge in [0, 0.05) is 30.8 Å². The van der Waals surface area contributed by atoms with E-state index in [0.717, 1.165) is 22.3 Å². The Bertz CT molecular complexity index is 1030. The highest BCUT2D eigenvalue weighted by Crippen LogP contribution is 2.38. The predicted octanol–water partition coefficient (Wildman–Crippen LogP) is 2.14. The zero-order valence-corrected chi connectivity index (χ0v) is 17.3. The number of hydrogen-bond acceptors (Lipinski definition) is 6. The van der Waals surface area contributed by atoms with Crippen LogP contribution < -0.4 is 15.8 Å². The van der Waals surface area contributed by atoms with Gasteiger partial charge in [0.25, 0.3) is 6.47 Å². The average Bonchev–Trinajstić information content (AvgIpc) is 2.79. The van der Waals surface area contributed by atoms with E-state index < -0.39 is 11.6 Å². The summed E-state index contributed by atoms with van der Waals surface area (Å²) >= 11 is 0. The van der Waals surface area contributed by atoms with Gasteiger partial charge in [-0.15, -0.1) is 0 Å². The summed E-state index contributed by atoms with van der Waals surface area (Å²) in [6.45, 7) is 0.920. The average molecular weight is 441 g/mol. The minimum atomic E-state index is -0.995. The highest BCUT2D eigenvalue weighted by Gasteiger charge is 2.36. The number of ether oxygens (including phenoxy) is 2. The molecule has 168 valence electrons. The third kappa shape index (κ3) is 5.22. The molecule has 4 N–H and O–H groups in total. The molecular formula is C23H24FN3O5. The lowest BCUT2D eigenvalue weighted by Crippen LogP contribution is -2.58. The van der Waals surface area contributed by atoms with Crippen molar-refractivity contribution in [3.8, 4) is 22.9 Å². The molecule has 1 unspecified atom stereocenters. The Labute approximate surface area is 184 Å². The molecule has 0 radical (unpaired) electrons. The Hall–Kier alpha value is -3.48. The Morgan fingerprint density at radius 1 is 1.28 bits per heavy atom. The van der Waals surface area contributed by atoms with Gasteiger partial charge in [0.1, 0.15) is 24.2 Å². The van der Waals surface area contributed by atoms with Crippen LogP contribution in [0, 0.1) is 17.1 Å². The van der Waals surface area contributed by atoms with Crippen molar-refractivity contribution in [1.82, 2.24) is 5.32 Å². The van der Waals surface area contributed by atoms with Gasteiger partial charge >= 0.3 is 0 Å². The van der Waals surface area contributed by atoms with Crippen molar-refractivity contribution in [2.45, 2.75) is 37.5 Å². The monoisotopic (exact) mass is 441 g/mol. The summed E-state index contributed by atoms with van der Waals surface area (Å²) in [4.78, 5) is 20.9. The number of halogens is 1. The maximum absolute atomic E-state index is 13.4. The van der Waals surface area contributed by atoms with Gasteiger partial charge < -0.3 is 25.6 Å². The molecule has 0 aromatic heterocycles. The summed E-state index contributed by atoms with van der Waals surface area (Å²) < 4.78 is 24.5. The molecule has 2 aromatic carbocycles. The normalized spacial score (nSPS) is 16.5. The number of fused-ring (bicyclic) bond motifs is 3. The molecule has 1 atom stereocenters. The Morgan fingerprint density at radius 3 is 2.66 bits per heavy atom. The fourth-order valence-corrected chi connectivity index (χ4v) is 3.76. The molecule has 0 saturated carbocycles. The highest BCUT2D eigenvalue weighted by molar-refractivity contribution is 5.86. The first-order valence-electron chi connectivity index (χ1n) is 10.1. The summed E-state index contributed by atoms with van der Waals surface area (Å²) in [7, 11) is 0. The number of nitrogens with zero attached hydrogens (tertiary/aromatic N) is 1. The van der Waals surface area contributed by atoms with E-state index >= 15 is 0 Å². The van der Waals surface area contributed by atoms with Crippen molar-refractivity contribution >= 4 is 12.4 Å². The van der Waals surface area contributed by atoms with Crippen molar-refractivity contribution in [3.05, 3.63) is 53.3 Å². The minimum Gasteiger partial charge on any atom is -0.488 e. The Balaban J connectivity index is 0.000000913. The van der Waals surface area contributed by atoms with Crippen LogP contribution in [0.3, 0.4) is 0 Å². The van der Waals surface area contributed by atoms with E-state index in [1.54, 1.807) is 6.07 Å². The molecule has 32 heavy (non-hydrogen) atoms. The predicted molar refractivity (Wildman–Crippen MR) is 113 cm³/mol. The molecule has 0 aliphatic carbocycles. The zero-order valence-electron chi connectivity index (χ0n) is 17.3. The van der Waals surface area contributed by atoms with Crippen molar-refractivity contribution in [1.29, 1.82) is 5.26 Å². The van der Waals surface area contributed by atoms with Crippen LogP contribution in [0.15, 0.2) is 36.4 Å². The molecular weight excluding hydrogens is 417 g/mol. The quantitative estimate of drug-likeness (QED) is 0.619. The second-order valence-corrected chi connectivity index (χ2v) is 7.65. The number of rotatable bonds is 4.